The van der Waals surface area contributed by atoms with Gasteiger partial charge in [0.15, 0.2) is 0 Å². The Morgan fingerprint density at radius 3 is 1.93 bits per heavy atom. The second-order valence-corrected chi connectivity index (χ2v) is 6.20. The second-order valence-electron chi connectivity index (χ2n) is 6.20. The molecule has 0 aromatic carbocycles. The molecule has 82 valence electrons. The number of nitrogens with zero attached hydrogens (tertiary/aromatic N) is 1. The molecule has 4 aliphatic rings. The normalized spacial score (nSPS) is 48.9. The van der Waals surface area contributed by atoms with Crippen molar-refractivity contribution < 1.29 is 0 Å². The molecule has 1 atom stereocenters. The third-order valence-electron chi connectivity index (χ3n) is 5.22. The van der Waals surface area contributed by atoms with Gasteiger partial charge in [-0.05, 0) is 61.7 Å². The van der Waals surface area contributed by atoms with Gasteiger partial charge in [-0.1, -0.05) is 0 Å². The summed E-state index contributed by atoms with van der Waals surface area (Å²) in [6.07, 6.45) is 8.24. The van der Waals surface area contributed by atoms with Crippen LogP contribution in [0.4, 0.5) is 0 Å². The molecule has 0 aromatic rings. The smallest absolute Gasteiger partial charge is 0.0674 e. The van der Waals surface area contributed by atoms with Crippen molar-refractivity contribution in [3.05, 3.63) is 0 Å². The predicted octanol–water partition coefficient (Wildman–Crippen LogP) is 2.30. The van der Waals surface area contributed by atoms with Crippen molar-refractivity contribution in [1.29, 1.82) is 5.26 Å². The summed E-state index contributed by atoms with van der Waals surface area (Å²) in [5.41, 5.74) is 6.11. The Kier molecular flexibility index (Phi) is 2.07. The first-order chi connectivity index (χ1) is 7.25. The molecule has 0 heterocycles. The first-order valence-corrected chi connectivity index (χ1v) is 6.35. The molecule has 4 fully saturated rings. The molecule has 1 unspecified atom stereocenters. The lowest BCUT2D eigenvalue weighted by Crippen LogP contribution is -2.50. The van der Waals surface area contributed by atoms with Crippen LogP contribution in [0.25, 0.3) is 0 Å². The van der Waals surface area contributed by atoms with Crippen molar-refractivity contribution in [2.24, 2.45) is 34.8 Å². The molecule has 15 heavy (non-hydrogen) atoms. The van der Waals surface area contributed by atoms with Crippen LogP contribution in [0.1, 0.15) is 38.5 Å². The van der Waals surface area contributed by atoms with Gasteiger partial charge in [0.2, 0.25) is 0 Å². The number of hydrogen-bond donors (Lipinski definition) is 1. The number of rotatable bonds is 2. The van der Waals surface area contributed by atoms with Crippen LogP contribution < -0.4 is 5.73 Å². The fraction of sp³-hybridized carbons (Fsp3) is 0.923. The Labute approximate surface area is 91.8 Å². The maximum Gasteiger partial charge on any atom is 0.0674 e. The summed E-state index contributed by atoms with van der Waals surface area (Å²) in [5.74, 6) is 2.92. The van der Waals surface area contributed by atoms with E-state index in [1.165, 1.54) is 38.5 Å². The fourth-order valence-corrected chi connectivity index (χ4v) is 5.04. The molecule has 2 nitrogen and oxygen atoms in total. The van der Waals surface area contributed by atoms with E-state index < -0.39 is 0 Å². The molecular weight excluding hydrogens is 184 g/mol. The number of hydrogen-bond acceptors (Lipinski definition) is 2. The van der Waals surface area contributed by atoms with E-state index in [1.54, 1.807) is 0 Å². The minimum Gasteiger partial charge on any atom is -0.329 e. The van der Waals surface area contributed by atoms with Crippen LogP contribution in [0.15, 0.2) is 0 Å². The minimum atomic E-state index is 0.130. The maximum absolute atomic E-state index is 9.26. The lowest BCUT2D eigenvalue weighted by atomic mass is 9.46. The number of nitriles is 1. The van der Waals surface area contributed by atoms with E-state index >= 15 is 0 Å². The summed E-state index contributed by atoms with van der Waals surface area (Å²) in [6.45, 7) is 0.572. The quantitative estimate of drug-likeness (QED) is 0.750. The highest BCUT2D eigenvalue weighted by Gasteiger charge is 2.53. The van der Waals surface area contributed by atoms with Gasteiger partial charge in [-0.15, -0.1) is 0 Å². The van der Waals surface area contributed by atoms with Crippen LogP contribution in [-0.4, -0.2) is 6.54 Å². The fourth-order valence-electron chi connectivity index (χ4n) is 5.04. The average molecular weight is 204 g/mol. The molecule has 2 N–H and O–H groups in total. The summed E-state index contributed by atoms with van der Waals surface area (Å²) in [5, 5.41) is 9.26. The standard InChI is InChI=1S/C13H20N2/c14-7-12(8-15)13-4-9-1-10(5-13)3-11(2-9)6-13/h9-12H,1-7,14H2. The average Bonchev–Trinajstić information content (AvgIpc) is 2.16. The first-order valence-electron chi connectivity index (χ1n) is 6.35. The molecule has 0 aromatic heterocycles. The lowest BCUT2D eigenvalue weighted by Gasteiger charge is -2.58. The van der Waals surface area contributed by atoms with Gasteiger partial charge in [0.05, 0.1) is 12.0 Å². The summed E-state index contributed by atoms with van der Waals surface area (Å²) >= 11 is 0. The van der Waals surface area contributed by atoms with E-state index in [1.807, 2.05) is 0 Å². The van der Waals surface area contributed by atoms with Crippen LogP contribution in [-0.2, 0) is 0 Å². The van der Waals surface area contributed by atoms with Crippen molar-refractivity contribution in [2.75, 3.05) is 6.54 Å². The van der Waals surface area contributed by atoms with Crippen LogP contribution >= 0.6 is 0 Å². The van der Waals surface area contributed by atoms with Gasteiger partial charge in [0, 0.05) is 6.54 Å². The van der Waals surface area contributed by atoms with Gasteiger partial charge < -0.3 is 5.73 Å². The Morgan fingerprint density at radius 1 is 1.13 bits per heavy atom. The third kappa shape index (κ3) is 1.33. The third-order valence-corrected chi connectivity index (χ3v) is 5.22. The Balaban J connectivity index is 1.90. The van der Waals surface area contributed by atoms with Gasteiger partial charge >= 0.3 is 0 Å². The van der Waals surface area contributed by atoms with E-state index in [0.29, 0.717) is 12.0 Å². The molecule has 0 amide bonds. The molecular formula is C13H20N2. The highest BCUT2D eigenvalue weighted by Crippen LogP contribution is 2.62. The van der Waals surface area contributed by atoms with Crippen molar-refractivity contribution in [2.45, 2.75) is 38.5 Å². The van der Waals surface area contributed by atoms with Crippen molar-refractivity contribution in [3.63, 3.8) is 0 Å². The van der Waals surface area contributed by atoms with Crippen LogP contribution in [0.3, 0.4) is 0 Å². The molecule has 0 radical (unpaired) electrons. The molecule has 2 heteroatoms. The van der Waals surface area contributed by atoms with Gasteiger partial charge in [-0.3, -0.25) is 0 Å². The molecule has 4 saturated carbocycles. The van der Waals surface area contributed by atoms with E-state index in [-0.39, 0.29) is 5.92 Å². The summed E-state index contributed by atoms with van der Waals surface area (Å²) in [6, 6.07) is 2.48. The summed E-state index contributed by atoms with van der Waals surface area (Å²) in [4.78, 5) is 0. The zero-order chi connectivity index (χ0) is 10.5. The SMILES string of the molecule is N#CC(CN)C12CC3CC(CC(C3)C1)C2. The minimum absolute atomic E-state index is 0.130. The molecule has 0 aliphatic heterocycles. The summed E-state index contributed by atoms with van der Waals surface area (Å²) in [7, 11) is 0. The van der Waals surface area contributed by atoms with Gasteiger partial charge in [0.25, 0.3) is 0 Å². The van der Waals surface area contributed by atoms with Crippen molar-refractivity contribution in [1.82, 2.24) is 0 Å². The first kappa shape index (κ1) is 9.66. The largest absolute Gasteiger partial charge is 0.329 e. The van der Waals surface area contributed by atoms with Crippen LogP contribution in [0, 0.1) is 40.4 Å². The van der Waals surface area contributed by atoms with Gasteiger partial charge in [0.1, 0.15) is 0 Å². The topological polar surface area (TPSA) is 49.8 Å². The van der Waals surface area contributed by atoms with E-state index in [0.717, 1.165) is 17.8 Å². The van der Waals surface area contributed by atoms with Gasteiger partial charge in [-0.25, -0.2) is 0 Å². The Bertz CT molecular complexity index is 267. The van der Waals surface area contributed by atoms with Crippen molar-refractivity contribution >= 4 is 0 Å². The zero-order valence-corrected chi connectivity index (χ0v) is 9.28. The zero-order valence-electron chi connectivity index (χ0n) is 9.28. The van der Waals surface area contributed by atoms with E-state index in [4.69, 9.17) is 5.73 Å². The summed E-state index contributed by atoms with van der Waals surface area (Å²) < 4.78 is 0. The Hall–Kier alpha value is -0.550. The molecule has 4 bridgehead atoms. The van der Waals surface area contributed by atoms with Crippen LogP contribution in [0.2, 0.25) is 0 Å². The highest BCUT2D eigenvalue weighted by molar-refractivity contribution is 5.08. The monoisotopic (exact) mass is 204 g/mol. The maximum atomic E-state index is 9.26. The molecule has 4 rings (SSSR count). The van der Waals surface area contributed by atoms with Gasteiger partial charge in [-0.2, -0.15) is 5.26 Å². The highest BCUT2D eigenvalue weighted by atomic mass is 14.6. The molecule has 4 aliphatic carbocycles. The Morgan fingerprint density at radius 2 is 1.60 bits per heavy atom. The lowest BCUT2D eigenvalue weighted by molar-refractivity contribution is -0.0727. The molecule has 0 spiro atoms. The predicted molar refractivity (Wildman–Crippen MR) is 58.8 cm³/mol. The van der Waals surface area contributed by atoms with E-state index in [2.05, 4.69) is 6.07 Å². The number of nitrogens with two attached hydrogens (primary N) is 1. The molecule has 0 saturated heterocycles. The van der Waals surface area contributed by atoms with Crippen molar-refractivity contribution in [3.8, 4) is 6.07 Å². The van der Waals surface area contributed by atoms with E-state index in [9.17, 15) is 5.26 Å². The van der Waals surface area contributed by atoms with Crippen LogP contribution in [0.5, 0.6) is 0 Å². The second kappa shape index (κ2) is 3.22.